The van der Waals surface area contributed by atoms with Crippen LogP contribution in [0.25, 0.3) is 0 Å². The van der Waals surface area contributed by atoms with Crippen molar-refractivity contribution in [2.24, 2.45) is 0 Å². The van der Waals surface area contributed by atoms with E-state index in [-0.39, 0.29) is 0 Å². The van der Waals surface area contributed by atoms with Crippen molar-refractivity contribution < 1.29 is 14.6 Å². The summed E-state index contributed by atoms with van der Waals surface area (Å²) in [6, 6.07) is 7.95. The first-order valence-electron chi connectivity index (χ1n) is 7.33. The Morgan fingerprint density at radius 3 is 2.45 bits per heavy atom. The first-order chi connectivity index (χ1) is 9.86. The van der Waals surface area contributed by atoms with Gasteiger partial charge in [-0.2, -0.15) is 0 Å². The monoisotopic (exact) mass is 278 g/mol. The normalized spacial score (nSPS) is 11.1. The van der Waals surface area contributed by atoms with Gasteiger partial charge >= 0.3 is 0 Å². The molecule has 0 amide bonds. The average molecular weight is 278 g/mol. The number of hydrogen-bond donors (Lipinski definition) is 1. The number of aliphatic hydroxyl groups excluding tert-OH is 1. The fourth-order valence-electron chi connectivity index (χ4n) is 1.85. The Morgan fingerprint density at radius 2 is 1.75 bits per heavy atom. The topological polar surface area (TPSA) is 38.7 Å². The van der Waals surface area contributed by atoms with Gasteiger partial charge in [-0.15, -0.1) is 0 Å². The van der Waals surface area contributed by atoms with Crippen LogP contribution in [-0.4, -0.2) is 25.4 Å². The maximum Gasteiger partial charge on any atom is 0.118 e. The molecule has 1 N–H and O–H groups in total. The molecule has 0 unspecified atom stereocenters. The highest BCUT2D eigenvalue weighted by atomic mass is 16.5. The third-order valence-electron chi connectivity index (χ3n) is 3.05. The standard InChI is InChI=1S/C17H26O3/c1-19-17-11-9-16(10-12-17)15-20-14-8-6-4-2-3-5-7-13-18/h4,6,9-12,18H,2-3,5,7-8,13-15H2,1H3. The lowest BCUT2D eigenvalue weighted by Gasteiger charge is -2.04. The van der Waals surface area contributed by atoms with Crippen molar-refractivity contribution in [3.8, 4) is 5.75 Å². The van der Waals surface area contributed by atoms with Gasteiger partial charge in [0.25, 0.3) is 0 Å². The van der Waals surface area contributed by atoms with Crippen LogP contribution in [0.5, 0.6) is 5.75 Å². The van der Waals surface area contributed by atoms with Gasteiger partial charge in [0.2, 0.25) is 0 Å². The van der Waals surface area contributed by atoms with Crippen LogP contribution < -0.4 is 4.74 Å². The minimum Gasteiger partial charge on any atom is -0.497 e. The Hall–Kier alpha value is -1.32. The third kappa shape index (κ3) is 7.97. The number of allylic oxidation sites excluding steroid dienone is 1. The molecular weight excluding hydrogens is 252 g/mol. The van der Waals surface area contributed by atoms with Crippen molar-refractivity contribution in [2.45, 2.75) is 38.7 Å². The summed E-state index contributed by atoms with van der Waals surface area (Å²) in [4.78, 5) is 0. The zero-order chi connectivity index (χ0) is 14.5. The molecule has 0 radical (unpaired) electrons. The van der Waals surface area contributed by atoms with Gasteiger partial charge in [-0.1, -0.05) is 30.7 Å². The summed E-state index contributed by atoms with van der Waals surface area (Å²) >= 11 is 0. The van der Waals surface area contributed by atoms with Gasteiger partial charge in [0.05, 0.1) is 20.3 Å². The summed E-state index contributed by atoms with van der Waals surface area (Å²) in [7, 11) is 1.67. The Bertz CT molecular complexity index is 357. The molecule has 3 heteroatoms. The summed E-state index contributed by atoms with van der Waals surface area (Å²) < 4.78 is 10.7. The quantitative estimate of drug-likeness (QED) is 0.495. The molecule has 1 rings (SSSR count). The second kappa shape index (κ2) is 11.5. The number of ether oxygens (including phenoxy) is 2. The van der Waals surface area contributed by atoms with Crippen molar-refractivity contribution in [1.29, 1.82) is 0 Å². The fraction of sp³-hybridized carbons (Fsp3) is 0.529. The molecule has 0 aliphatic carbocycles. The first kappa shape index (κ1) is 16.7. The van der Waals surface area contributed by atoms with Crippen molar-refractivity contribution in [2.75, 3.05) is 20.3 Å². The molecule has 20 heavy (non-hydrogen) atoms. The van der Waals surface area contributed by atoms with Crippen LogP contribution in [0.1, 0.15) is 37.7 Å². The van der Waals surface area contributed by atoms with Gasteiger partial charge in [-0.25, -0.2) is 0 Å². The molecule has 0 atom stereocenters. The summed E-state index contributed by atoms with van der Waals surface area (Å²) in [6.45, 7) is 1.70. The molecule has 1 aromatic carbocycles. The smallest absolute Gasteiger partial charge is 0.118 e. The molecule has 112 valence electrons. The molecule has 0 aromatic heterocycles. The van der Waals surface area contributed by atoms with Gasteiger partial charge < -0.3 is 14.6 Å². The van der Waals surface area contributed by atoms with E-state index in [9.17, 15) is 0 Å². The highest BCUT2D eigenvalue weighted by molar-refractivity contribution is 5.26. The maximum atomic E-state index is 8.65. The number of benzene rings is 1. The summed E-state index contributed by atoms with van der Waals surface area (Å²) in [6.07, 6.45) is 9.60. The SMILES string of the molecule is COc1ccc(COCCC=CCCCCCO)cc1. The Morgan fingerprint density at radius 1 is 1.00 bits per heavy atom. The zero-order valence-corrected chi connectivity index (χ0v) is 12.4. The van der Waals surface area contributed by atoms with Crippen molar-refractivity contribution >= 4 is 0 Å². The van der Waals surface area contributed by atoms with Crippen LogP contribution >= 0.6 is 0 Å². The number of rotatable bonds is 11. The average Bonchev–Trinajstić information content (AvgIpc) is 2.50. The maximum absolute atomic E-state index is 8.65. The number of hydrogen-bond acceptors (Lipinski definition) is 3. The van der Waals surface area contributed by atoms with Crippen LogP contribution in [0.4, 0.5) is 0 Å². The highest BCUT2D eigenvalue weighted by Crippen LogP contribution is 2.12. The van der Waals surface area contributed by atoms with Gasteiger partial charge in [-0.3, -0.25) is 0 Å². The lowest BCUT2D eigenvalue weighted by Crippen LogP contribution is -1.94. The molecule has 0 aliphatic rings. The predicted octanol–water partition coefficient (Wildman–Crippen LogP) is 3.71. The molecule has 0 spiro atoms. The molecule has 0 bridgehead atoms. The van der Waals surface area contributed by atoms with E-state index in [1.807, 2.05) is 24.3 Å². The van der Waals surface area contributed by atoms with E-state index in [2.05, 4.69) is 12.2 Å². The summed E-state index contributed by atoms with van der Waals surface area (Å²) in [5, 5.41) is 8.65. The van der Waals surface area contributed by atoms with Crippen LogP contribution in [0, 0.1) is 0 Å². The number of methoxy groups -OCH3 is 1. The van der Waals surface area contributed by atoms with Crippen LogP contribution in [0.2, 0.25) is 0 Å². The second-order valence-corrected chi connectivity index (χ2v) is 4.73. The first-order valence-corrected chi connectivity index (χ1v) is 7.33. The van der Waals surface area contributed by atoms with Crippen molar-refractivity contribution in [3.05, 3.63) is 42.0 Å². The van der Waals surface area contributed by atoms with Crippen LogP contribution in [0.3, 0.4) is 0 Å². The largest absolute Gasteiger partial charge is 0.497 e. The number of unbranched alkanes of at least 4 members (excludes halogenated alkanes) is 3. The molecule has 3 nitrogen and oxygen atoms in total. The highest BCUT2D eigenvalue weighted by Gasteiger charge is 1.94. The van der Waals surface area contributed by atoms with Gasteiger partial charge in [0.15, 0.2) is 0 Å². The lowest BCUT2D eigenvalue weighted by molar-refractivity contribution is 0.125. The summed E-state index contributed by atoms with van der Waals surface area (Å²) in [5.74, 6) is 0.873. The van der Waals surface area contributed by atoms with E-state index in [0.29, 0.717) is 13.2 Å². The number of aliphatic hydroxyl groups is 1. The fourth-order valence-corrected chi connectivity index (χ4v) is 1.85. The lowest BCUT2D eigenvalue weighted by atomic mass is 10.2. The van der Waals surface area contributed by atoms with E-state index >= 15 is 0 Å². The zero-order valence-electron chi connectivity index (χ0n) is 12.4. The van der Waals surface area contributed by atoms with Crippen LogP contribution in [0.15, 0.2) is 36.4 Å². The van der Waals surface area contributed by atoms with E-state index < -0.39 is 0 Å². The van der Waals surface area contributed by atoms with Crippen LogP contribution in [-0.2, 0) is 11.3 Å². The summed E-state index contributed by atoms with van der Waals surface area (Å²) in [5.41, 5.74) is 1.17. The van der Waals surface area contributed by atoms with Crippen molar-refractivity contribution in [1.82, 2.24) is 0 Å². The molecular formula is C17H26O3. The molecule has 0 aliphatic heterocycles. The van der Waals surface area contributed by atoms with E-state index in [4.69, 9.17) is 14.6 Å². The molecule has 0 saturated heterocycles. The van der Waals surface area contributed by atoms with Gasteiger partial charge in [0, 0.05) is 6.61 Å². The molecule has 0 heterocycles. The van der Waals surface area contributed by atoms with Gasteiger partial charge in [-0.05, 0) is 43.4 Å². The third-order valence-corrected chi connectivity index (χ3v) is 3.05. The molecule has 0 fully saturated rings. The minimum atomic E-state index is 0.308. The molecule has 0 saturated carbocycles. The van der Waals surface area contributed by atoms with E-state index in [0.717, 1.165) is 44.5 Å². The predicted molar refractivity (Wildman–Crippen MR) is 82.0 cm³/mol. The van der Waals surface area contributed by atoms with Gasteiger partial charge in [0.1, 0.15) is 5.75 Å². The Balaban J connectivity index is 1.99. The second-order valence-electron chi connectivity index (χ2n) is 4.73. The molecule has 1 aromatic rings. The Kier molecular flexibility index (Phi) is 9.62. The Labute approximate surface area is 122 Å². The van der Waals surface area contributed by atoms with E-state index in [1.54, 1.807) is 7.11 Å². The van der Waals surface area contributed by atoms with Crippen molar-refractivity contribution in [3.63, 3.8) is 0 Å². The van der Waals surface area contributed by atoms with E-state index in [1.165, 1.54) is 5.56 Å². The minimum absolute atomic E-state index is 0.308.